The van der Waals surface area contributed by atoms with Crippen LogP contribution >= 0.6 is 11.8 Å². The molecule has 1 aliphatic rings. The Kier molecular flexibility index (Phi) is 5.73. The number of carbonyl (C=O) groups excluding carboxylic acids is 1. The van der Waals surface area contributed by atoms with Crippen molar-refractivity contribution in [2.24, 2.45) is 0 Å². The number of rotatable bonds is 3. The molecule has 0 spiro atoms. The predicted molar refractivity (Wildman–Crippen MR) is 88.1 cm³/mol. The number of hydrogen-bond donors (Lipinski definition) is 0. The van der Waals surface area contributed by atoms with Gasteiger partial charge >= 0.3 is 12.3 Å². The number of ether oxygens (including phenoxy) is 1. The van der Waals surface area contributed by atoms with E-state index in [9.17, 15) is 18.0 Å². The topological polar surface area (TPSA) is 29.5 Å². The summed E-state index contributed by atoms with van der Waals surface area (Å²) in [6, 6.07) is 5.17. The normalized spacial score (nSPS) is 18.8. The van der Waals surface area contributed by atoms with Gasteiger partial charge in [-0.05, 0) is 57.9 Å². The van der Waals surface area contributed by atoms with Gasteiger partial charge in [-0.3, -0.25) is 0 Å². The lowest BCUT2D eigenvalue weighted by molar-refractivity contribution is -0.137. The molecule has 0 unspecified atom stereocenters. The molecule has 0 radical (unpaired) electrons. The zero-order valence-electron chi connectivity index (χ0n) is 14.0. The summed E-state index contributed by atoms with van der Waals surface area (Å²) in [7, 11) is 0. The summed E-state index contributed by atoms with van der Waals surface area (Å²) < 4.78 is 43.1. The van der Waals surface area contributed by atoms with Crippen LogP contribution < -0.4 is 0 Å². The molecule has 0 bridgehead atoms. The molecule has 1 fully saturated rings. The number of carbonyl (C=O) groups is 1. The fourth-order valence-electron chi connectivity index (χ4n) is 2.50. The van der Waals surface area contributed by atoms with Gasteiger partial charge in [-0.15, -0.1) is 11.8 Å². The summed E-state index contributed by atoms with van der Waals surface area (Å²) in [5, 5.41) is 0. The highest BCUT2D eigenvalue weighted by Gasteiger charge is 2.32. The quantitative estimate of drug-likeness (QED) is 0.693. The molecule has 1 saturated heterocycles. The minimum Gasteiger partial charge on any atom is -0.444 e. The molecule has 1 heterocycles. The molecule has 1 aromatic carbocycles. The Balaban J connectivity index is 1.92. The molecule has 3 nitrogen and oxygen atoms in total. The number of thioether (sulfide) groups is 1. The minimum absolute atomic E-state index is 0.0483. The van der Waals surface area contributed by atoms with Crippen LogP contribution in [-0.4, -0.2) is 34.9 Å². The fourth-order valence-corrected chi connectivity index (χ4v) is 3.56. The monoisotopic (exact) mass is 361 g/mol. The molecule has 134 valence electrons. The highest BCUT2D eigenvalue weighted by Crippen LogP contribution is 2.32. The van der Waals surface area contributed by atoms with Crippen molar-refractivity contribution in [3.63, 3.8) is 0 Å². The van der Waals surface area contributed by atoms with Crippen molar-refractivity contribution in [2.45, 2.75) is 56.3 Å². The first kappa shape index (κ1) is 19.0. The highest BCUT2D eigenvalue weighted by molar-refractivity contribution is 7.99. The van der Waals surface area contributed by atoms with E-state index < -0.39 is 17.3 Å². The maximum Gasteiger partial charge on any atom is 0.416 e. The van der Waals surface area contributed by atoms with Crippen LogP contribution in [0.25, 0.3) is 0 Å². The summed E-state index contributed by atoms with van der Waals surface area (Å²) in [5.41, 5.74) is -1.19. The van der Waals surface area contributed by atoms with Crippen LogP contribution in [0.4, 0.5) is 18.0 Å². The van der Waals surface area contributed by atoms with E-state index in [4.69, 9.17) is 4.74 Å². The number of hydrogen-bond acceptors (Lipinski definition) is 3. The van der Waals surface area contributed by atoms with Crippen molar-refractivity contribution >= 4 is 17.9 Å². The third-order valence-electron chi connectivity index (χ3n) is 3.63. The second kappa shape index (κ2) is 7.25. The average molecular weight is 361 g/mol. The summed E-state index contributed by atoms with van der Waals surface area (Å²) in [4.78, 5) is 14.7. The van der Waals surface area contributed by atoms with Gasteiger partial charge in [0.25, 0.3) is 0 Å². The summed E-state index contributed by atoms with van der Waals surface area (Å²) >= 11 is 1.46. The molecule has 1 aliphatic heterocycles. The van der Waals surface area contributed by atoms with E-state index in [1.54, 1.807) is 4.90 Å². The minimum atomic E-state index is -4.32. The van der Waals surface area contributed by atoms with Crippen molar-refractivity contribution in [1.29, 1.82) is 0 Å². The van der Waals surface area contributed by atoms with Crippen molar-refractivity contribution in [1.82, 2.24) is 4.90 Å². The van der Waals surface area contributed by atoms with Crippen LogP contribution in [0, 0.1) is 0 Å². The van der Waals surface area contributed by atoms with Crippen LogP contribution in [0.2, 0.25) is 0 Å². The largest absolute Gasteiger partial charge is 0.444 e. The smallest absolute Gasteiger partial charge is 0.416 e. The third-order valence-corrected chi connectivity index (χ3v) is 4.79. The zero-order chi connectivity index (χ0) is 18.0. The molecule has 1 aromatic rings. The van der Waals surface area contributed by atoms with Gasteiger partial charge in [0.05, 0.1) is 5.56 Å². The molecule has 24 heavy (non-hydrogen) atoms. The maximum absolute atomic E-state index is 12.6. The Bertz CT molecular complexity index is 567. The lowest BCUT2D eigenvalue weighted by Crippen LogP contribution is -2.40. The van der Waals surface area contributed by atoms with Gasteiger partial charge in [-0.25, -0.2) is 4.79 Å². The molecule has 0 N–H and O–H groups in total. The Morgan fingerprint density at radius 2 is 1.88 bits per heavy atom. The van der Waals surface area contributed by atoms with Gasteiger partial charge in [-0.1, -0.05) is 0 Å². The standard InChI is InChI=1S/C17H22F3NO2S/c1-16(2,3)23-15(22)21-10-4-5-13(21)11-24-14-8-6-12(7-9-14)17(18,19)20/h6-9,13H,4-5,10-11H2,1-3H3/t13-/m0/s1. The van der Waals surface area contributed by atoms with Crippen LogP contribution in [0.5, 0.6) is 0 Å². The second-order valence-electron chi connectivity index (χ2n) is 6.80. The first-order valence-corrected chi connectivity index (χ1v) is 8.84. The van der Waals surface area contributed by atoms with E-state index in [1.807, 2.05) is 20.8 Å². The lowest BCUT2D eigenvalue weighted by atomic mass is 10.2. The summed E-state index contributed by atoms with van der Waals surface area (Å²) in [6.45, 7) is 6.14. The van der Waals surface area contributed by atoms with Gasteiger partial charge in [0, 0.05) is 23.2 Å². The number of likely N-dealkylation sites (tertiary alicyclic amines) is 1. The van der Waals surface area contributed by atoms with E-state index in [0.717, 1.165) is 29.9 Å². The molecule has 1 atom stereocenters. The summed E-state index contributed by atoms with van der Waals surface area (Å²) in [5.74, 6) is 0.643. The molecule has 2 rings (SSSR count). The van der Waals surface area contributed by atoms with Gasteiger partial charge in [0.2, 0.25) is 0 Å². The molecule has 0 aliphatic carbocycles. The van der Waals surface area contributed by atoms with E-state index in [2.05, 4.69) is 0 Å². The van der Waals surface area contributed by atoms with Crippen molar-refractivity contribution in [3.05, 3.63) is 29.8 Å². The Morgan fingerprint density at radius 3 is 2.42 bits per heavy atom. The van der Waals surface area contributed by atoms with Gasteiger partial charge in [0.1, 0.15) is 5.60 Å². The van der Waals surface area contributed by atoms with E-state index in [-0.39, 0.29) is 12.1 Å². The molecule has 0 aromatic heterocycles. The lowest BCUT2D eigenvalue weighted by Gasteiger charge is -2.28. The first-order valence-electron chi connectivity index (χ1n) is 7.86. The SMILES string of the molecule is CC(C)(C)OC(=O)N1CCC[C@H]1CSc1ccc(C(F)(F)F)cc1. The second-order valence-corrected chi connectivity index (χ2v) is 7.90. The van der Waals surface area contributed by atoms with Crippen molar-refractivity contribution < 1.29 is 22.7 Å². The van der Waals surface area contributed by atoms with Gasteiger partial charge in [-0.2, -0.15) is 13.2 Å². The van der Waals surface area contributed by atoms with Crippen molar-refractivity contribution in [3.8, 4) is 0 Å². The Labute approximate surface area is 144 Å². The van der Waals surface area contributed by atoms with Crippen molar-refractivity contribution in [2.75, 3.05) is 12.3 Å². The Hall–Kier alpha value is -1.37. The first-order chi connectivity index (χ1) is 11.1. The molecular formula is C17H22F3NO2S. The van der Waals surface area contributed by atoms with Gasteiger partial charge in [0.15, 0.2) is 0 Å². The van der Waals surface area contributed by atoms with E-state index >= 15 is 0 Å². The third kappa shape index (κ3) is 5.33. The fraction of sp³-hybridized carbons (Fsp3) is 0.588. The summed E-state index contributed by atoms with van der Waals surface area (Å²) in [6.07, 6.45) is -2.84. The number of halogens is 3. The van der Waals surface area contributed by atoms with E-state index in [1.165, 1.54) is 23.9 Å². The van der Waals surface area contributed by atoms with Crippen LogP contribution in [0.15, 0.2) is 29.2 Å². The molecule has 7 heteroatoms. The molecule has 1 amide bonds. The molecule has 0 saturated carbocycles. The van der Waals surface area contributed by atoms with Crippen LogP contribution in [0.3, 0.4) is 0 Å². The predicted octanol–water partition coefficient (Wildman–Crippen LogP) is 5.20. The number of benzene rings is 1. The van der Waals surface area contributed by atoms with E-state index in [0.29, 0.717) is 12.3 Å². The Morgan fingerprint density at radius 1 is 1.25 bits per heavy atom. The number of nitrogens with zero attached hydrogens (tertiary/aromatic N) is 1. The van der Waals surface area contributed by atoms with Crippen LogP contribution in [0.1, 0.15) is 39.2 Å². The number of alkyl halides is 3. The number of amides is 1. The highest BCUT2D eigenvalue weighted by atomic mass is 32.2. The zero-order valence-corrected chi connectivity index (χ0v) is 14.8. The maximum atomic E-state index is 12.6. The molecular weight excluding hydrogens is 339 g/mol. The average Bonchev–Trinajstić information content (AvgIpc) is 2.91. The van der Waals surface area contributed by atoms with Gasteiger partial charge < -0.3 is 9.64 Å². The van der Waals surface area contributed by atoms with Crippen LogP contribution in [-0.2, 0) is 10.9 Å².